The third-order valence-electron chi connectivity index (χ3n) is 7.53. The van der Waals surface area contributed by atoms with E-state index in [2.05, 4.69) is 91.6 Å². The lowest BCUT2D eigenvalue weighted by Gasteiger charge is -2.22. The molecule has 1 aliphatic rings. The van der Waals surface area contributed by atoms with Gasteiger partial charge in [0.05, 0.1) is 17.1 Å². The van der Waals surface area contributed by atoms with Crippen molar-refractivity contribution in [3.05, 3.63) is 127 Å². The van der Waals surface area contributed by atoms with E-state index in [0.29, 0.717) is 5.82 Å². The summed E-state index contributed by atoms with van der Waals surface area (Å²) in [5.41, 5.74) is 9.79. The normalized spacial score (nSPS) is 13.4. The highest BCUT2D eigenvalue weighted by atomic mass is 14.9. The van der Waals surface area contributed by atoms with Gasteiger partial charge in [0.15, 0.2) is 5.82 Å². The van der Waals surface area contributed by atoms with Crippen LogP contribution in [0.1, 0.15) is 25.0 Å². The Labute approximate surface area is 216 Å². The van der Waals surface area contributed by atoms with E-state index in [1.165, 1.54) is 33.0 Å². The molecule has 176 valence electrons. The van der Waals surface area contributed by atoms with Crippen LogP contribution >= 0.6 is 0 Å². The van der Waals surface area contributed by atoms with Crippen LogP contribution < -0.4 is 0 Å². The quantitative estimate of drug-likeness (QED) is 0.258. The molecule has 37 heavy (non-hydrogen) atoms. The van der Waals surface area contributed by atoms with E-state index in [9.17, 15) is 0 Å². The van der Waals surface area contributed by atoms with Crippen LogP contribution in [-0.2, 0) is 5.41 Å². The zero-order valence-corrected chi connectivity index (χ0v) is 20.8. The van der Waals surface area contributed by atoms with Crippen LogP contribution in [0.15, 0.2) is 115 Å². The summed E-state index contributed by atoms with van der Waals surface area (Å²) in [6, 6.07) is 38.1. The summed E-state index contributed by atoms with van der Waals surface area (Å²) in [7, 11) is 0. The van der Waals surface area contributed by atoms with Crippen molar-refractivity contribution in [3.8, 4) is 45.2 Å². The summed E-state index contributed by atoms with van der Waals surface area (Å²) in [5, 5.41) is 2.52. The molecular weight excluding hydrogens is 450 g/mol. The van der Waals surface area contributed by atoms with Crippen LogP contribution in [0.3, 0.4) is 0 Å². The molecule has 0 fully saturated rings. The van der Waals surface area contributed by atoms with Crippen molar-refractivity contribution >= 4 is 10.8 Å². The van der Waals surface area contributed by atoms with E-state index in [1.54, 1.807) is 0 Å². The molecule has 0 N–H and O–H groups in total. The molecule has 1 aliphatic carbocycles. The molecule has 0 unspecified atom stereocenters. The maximum Gasteiger partial charge on any atom is 0.160 e. The number of fused-ring (bicyclic) bond motifs is 4. The van der Waals surface area contributed by atoms with E-state index in [0.717, 1.165) is 28.2 Å². The van der Waals surface area contributed by atoms with E-state index in [1.807, 2.05) is 42.6 Å². The molecule has 0 radical (unpaired) electrons. The van der Waals surface area contributed by atoms with Gasteiger partial charge < -0.3 is 0 Å². The predicted octanol–water partition coefficient (Wildman–Crippen LogP) is 8.33. The second-order valence-corrected chi connectivity index (χ2v) is 10.1. The lowest BCUT2D eigenvalue weighted by molar-refractivity contribution is 0.661. The lowest BCUT2D eigenvalue weighted by atomic mass is 9.81. The van der Waals surface area contributed by atoms with Crippen molar-refractivity contribution in [1.82, 2.24) is 15.0 Å². The third-order valence-corrected chi connectivity index (χ3v) is 7.53. The van der Waals surface area contributed by atoms with Gasteiger partial charge in [0.1, 0.15) is 0 Å². The van der Waals surface area contributed by atoms with E-state index >= 15 is 0 Å². The van der Waals surface area contributed by atoms with Gasteiger partial charge in [-0.15, -0.1) is 0 Å². The van der Waals surface area contributed by atoms with Gasteiger partial charge in [-0.3, -0.25) is 4.98 Å². The minimum absolute atomic E-state index is 0.107. The van der Waals surface area contributed by atoms with Crippen LogP contribution in [0.2, 0.25) is 0 Å². The number of hydrogen-bond acceptors (Lipinski definition) is 3. The van der Waals surface area contributed by atoms with Gasteiger partial charge >= 0.3 is 0 Å². The number of hydrogen-bond donors (Lipinski definition) is 0. The van der Waals surface area contributed by atoms with Crippen LogP contribution in [0.5, 0.6) is 0 Å². The molecule has 0 spiro atoms. The van der Waals surface area contributed by atoms with Crippen molar-refractivity contribution < 1.29 is 0 Å². The summed E-state index contributed by atoms with van der Waals surface area (Å²) >= 11 is 0. The highest BCUT2D eigenvalue weighted by Gasteiger charge is 2.37. The molecule has 7 rings (SSSR count). The topological polar surface area (TPSA) is 38.7 Å². The predicted molar refractivity (Wildman–Crippen MR) is 151 cm³/mol. The molecule has 0 aliphatic heterocycles. The molecule has 4 aromatic carbocycles. The van der Waals surface area contributed by atoms with Gasteiger partial charge in [-0.25, -0.2) is 9.97 Å². The molecule has 0 bridgehead atoms. The molecule has 0 amide bonds. The summed E-state index contributed by atoms with van der Waals surface area (Å²) in [6.45, 7) is 4.65. The Kier molecular flexibility index (Phi) is 4.80. The Hall–Kier alpha value is -4.63. The number of pyridine rings is 1. The van der Waals surface area contributed by atoms with E-state index in [4.69, 9.17) is 9.97 Å². The molecule has 0 saturated carbocycles. The van der Waals surface area contributed by atoms with Gasteiger partial charge in [0, 0.05) is 22.7 Å². The summed E-state index contributed by atoms with van der Waals surface area (Å²) < 4.78 is 0. The molecule has 2 aromatic heterocycles. The lowest BCUT2D eigenvalue weighted by Crippen LogP contribution is -2.14. The Morgan fingerprint density at radius 1 is 0.541 bits per heavy atom. The van der Waals surface area contributed by atoms with Crippen molar-refractivity contribution in [3.63, 3.8) is 0 Å². The number of nitrogens with zero attached hydrogens (tertiary/aromatic N) is 3. The first kappa shape index (κ1) is 21.6. The first-order chi connectivity index (χ1) is 18.1. The second kappa shape index (κ2) is 8.21. The van der Waals surface area contributed by atoms with Crippen molar-refractivity contribution in [2.75, 3.05) is 0 Å². The maximum absolute atomic E-state index is 5.12. The highest BCUT2D eigenvalue weighted by Crippen LogP contribution is 2.53. The molecule has 0 saturated heterocycles. The Morgan fingerprint density at radius 2 is 1.27 bits per heavy atom. The second-order valence-electron chi connectivity index (χ2n) is 10.1. The Morgan fingerprint density at radius 3 is 2.05 bits per heavy atom. The first-order valence-electron chi connectivity index (χ1n) is 12.6. The molecule has 6 aromatic rings. The Balaban J connectivity index is 1.51. The fraction of sp³-hybridized carbons (Fsp3) is 0.0882. The average Bonchev–Trinajstić information content (AvgIpc) is 3.18. The zero-order valence-electron chi connectivity index (χ0n) is 20.8. The van der Waals surface area contributed by atoms with Crippen LogP contribution in [0, 0.1) is 0 Å². The van der Waals surface area contributed by atoms with Crippen LogP contribution in [0.25, 0.3) is 55.9 Å². The SMILES string of the molecule is CC1(C)c2cc3ccccc3cc2-c2c(-c3cc(-c4ccccn4)nc(-c4ccccc4)n3)cccc21. The third kappa shape index (κ3) is 3.47. The molecular formula is C34H25N3. The van der Waals surface area contributed by atoms with Crippen molar-refractivity contribution in [1.29, 1.82) is 0 Å². The van der Waals surface area contributed by atoms with Crippen LogP contribution in [0.4, 0.5) is 0 Å². The number of aromatic nitrogens is 3. The van der Waals surface area contributed by atoms with Crippen molar-refractivity contribution in [2.24, 2.45) is 0 Å². The summed E-state index contributed by atoms with van der Waals surface area (Å²) in [6.07, 6.45) is 1.81. The van der Waals surface area contributed by atoms with Gasteiger partial charge in [0.25, 0.3) is 0 Å². The molecule has 3 heteroatoms. The average molecular weight is 476 g/mol. The standard InChI is InChI=1S/C34H25N3/c1-34(2)27-16-10-15-25(32(27)26-19-23-13-6-7-14-24(23)20-28(26)34)30-21-31(29-17-8-9-18-35-29)37-33(36-30)22-11-4-3-5-12-22/h3-21H,1-2H3. The summed E-state index contributed by atoms with van der Waals surface area (Å²) in [4.78, 5) is 14.6. The molecule has 2 heterocycles. The highest BCUT2D eigenvalue weighted by molar-refractivity contribution is 5.98. The van der Waals surface area contributed by atoms with E-state index < -0.39 is 0 Å². The smallest absolute Gasteiger partial charge is 0.160 e. The van der Waals surface area contributed by atoms with Gasteiger partial charge in [-0.1, -0.05) is 92.7 Å². The fourth-order valence-corrected chi connectivity index (χ4v) is 5.63. The van der Waals surface area contributed by atoms with E-state index in [-0.39, 0.29) is 5.41 Å². The fourth-order valence-electron chi connectivity index (χ4n) is 5.63. The monoisotopic (exact) mass is 475 g/mol. The summed E-state index contributed by atoms with van der Waals surface area (Å²) in [5.74, 6) is 0.701. The van der Waals surface area contributed by atoms with Gasteiger partial charge in [0.2, 0.25) is 0 Å². The Bertz CT molecular complexity index is 1730. The maximum atomic E-state index is 5.12. The molecule has 0 atom stereocenters. The first-order valence-corrected chi connectivity index (χ1v) is 12.6. The van der Waals surface area contributed by atoms with Crippen LogP contribution in [-0.4, -0.2) is 15.0 Å². The minimum atomic E-state index is -0.107. The largest absolute Gasteiger partial charge is 0.255 e. The number of benzene rings is 4. The number of rotatable bonds is 3. The van der Waals surface area contributed by atoms with Crippen molar-refractivity contribution in [2.45, 2.75) is 19.3 Å². The van der Waals surface area contributed by atoms with Gasteiger partial charge in [-0.2, -0.15) is 0 Å². The zero-order chi connectivity index (χ0) is 25.0. The molecule has 3 nitrogen and oxygen atoms in total. The minimum Gasteiger partial charge on any atom is -0.255 e. The van der Waals surface area contributed by atoms with Gasteiger partial charge in [-0.05, 0) is 63.4 Å².